The molecule has 0 spiro atoms. The molecule has 1 rings (SSSR count). The number of aliphatic hydroxyl groups is 1. The fraction of sp³-hybridized carbons (Fsp3) is 0.500. The Morgan fingerprint density at radius 3 is 2.50 bits per heavy atom. The van der Waals surface area contributed by atoms with Crippen LogP contribution in [0.1, 0.15) is 25.3 Å². The van der Waals surface area contributed by atoms with Crippen LogP contribution < -0.4 is 0 Å². The minimum atomic E-state index is -1.12. The number of alkyl halides is 1. The smallest absolute Gasteiger partial charge is 0.123 e. The zero-order valence-electron chi connectivity index (χ0n) is 8.49. The zero-order chi connectivity index (χ0) is 10.4. The molecule has 0 unspecified atom stereocenters. The van der Waals surface area contributed by atoms with E-state index in [9.17, 15) is 9.50 Å². The molecule has 1 aromatic rings. The van der Waals surface area contributed by atoms with Crippen molar-refractivity contribution in [2.75, 3.05) is 0 Å². The van der Waals surface area contributed by atoms with Gasteiger partial charge in [0.2, 0.25) is 0 Å². The van der Waals surface area contributed by atoms with Gasteiger partial charge in [0.15, 0.2) is 0 Å². The van der Waals surface area contributed by atoms with E-state index < -0.39 is 12.3 Å². The summed E-state index contributed by atoms with van der Waals surface area (Å²) in [6.45, 7) is 1.40. The molecule has 0 bridgehead atoms. The largest absolute Gasteiger partial charge is 0.390 e. The molecule has 0 aromatic heterocycles. The molecule has 1 nitrogen and oxygen atoms in total. The quantitative estimate of drug-likeness (QED) is 0.767. The van der Waals surface area contributed by atoms with Gasteiger partial charge in [-0.1, -0.05) is 30.3 Å². The van der Waals surface area contributed by atoms with Gasteiger partial charge in [0.25, 0.3) is 0 Å². The molecule has 2 heteroatoms. The summed E-state index contributed by atoms with van der Waals surface area (Å²) >= 11 is 0. The summed E-state index contributed by atoms with van der Waals surface area (Å²) in [7, 11) is 0. The van der Waals surface area contributed by atoms with Gasteiger partial charge in [-0.15, -0.1) is 0 Å². The standard InChI is InChI=1S/C12H17FO/c1-10(13)12(14)9-5-8-11-6-3-2-4-7-11/h2-4,6-7,10,12,14H,5,8-9H2,1H3/t10-,12-/m1/s1. The molecular formula is C12H17FO. The van der Waals surface area contributed by atoms with Crippen LogP contribution in [0.2, 0.25) is 0 Å². The average Bonchev–Trinajstić information content (AvgIpc) is 2.19. The summed E-state index contributed by atoms with van der Waals surface area (Å²) in [4.78, 5) is 0. The number of aliphatic hydroxyl groups excluding tert-OH is 1. The summed E-state index contributed by atoms with van der Waals surface area (Å²) in [5.41, 5.74) is 1.24. The van der Waals surface area contributed by atoms with Gasteiger partial charge >= 0.3 is 0 Å². The third-order valence-corrected chi connectivity index (χ3v) is 2.34. The molecule has 0 amide bonds. The van der Waals surface area contributed by atoms with Crippen molar-refractivity contribution >= 4 is 0 Å². The van der Waals surface area contributed by atoms with Crippen LogP contribution in [-0.4, -0.2) is 17.4 Å². The van der Waals surface area contributed by atoms with Gasteiger partial charge in [-0.2, -0.15) is 0 Å². The van der Waals surface area contributed by atoms with Crippen LogP contribution in [-0.2, 0) is 6.42 Å². The Balaban J connectivity index is 2.22. The number of halogens is 1. The lowest BCUT2D eigenvalue weighted by molar-refractivity contribution is 0.0789. The van der Waals surface area contributed by atoms with E-state index in [1.165, 1.54) is 12.5 Å². The molecular weight excluding hydrogens is 179 g/mol. The van der Waals surface area contributed by atoms with E-state index in [4.69, 9.17) is 0 Å². The first-order valence-corrected chi connectivity index (χ1v) is 5.06. The maximum atomic E-state index is 12.6. The van der Waals surface area contributed by atoms with Crippen LogP contribution in [0.15, 0.2) is 30.3 Å². The van der Waals surface area contributed by atoms with Crippen molar-refractivity contribution in [2.24, 2.45) is 0 Å². The first kappa shape index (κ1) is 11.2. The fourth-order valence-electron chi connectivity index (χ4n) is 1.39. The summed E-state index contributed by atoms with van der Waals surface area (Å²) < 4.78 is 12.6. The lowest BCUT2D eigenvalue weighted by Gasteiger charge is -2.10. The van der Waals surface area contributed by atoms with E-state index in [-0.39, 0.29) is 0 Å². The van der Waals surface area contributed by atoms with Crippen molar-refractivity contribution in [3.63, 3.8) is 0 Å². The molecule has 0 radical (unpaired) electrons. The SMILES string of the molecule is C[C@@H](F)[C@H](O)CCCc1ccccc1. The van der Waals surface area contributed by atoms with Gasteiger partial charge in [-0.25, -0.2) is 4.39 Å². The summed E-state index contributed by atoms with van der Waals surface area (Å²) in [5, 5.41) is 9.23. The predicted octanol–water partition coefficient (Wildman–Crippen LogP) is 2.73. The Hall–Kier alpha value is -0.890. The Labute approximate surface area is 84.6 Å². The minimum absolute atomic E-state index is 0.534. The molecule has 1 N–H and O–H groups in total. The monoisotopic (exact) mass is 196 g/mol. The van der Waals surface area contributed by atoms with Gasteiger partial charge in [0.1, 0.15) is 6.17 Å². The minimum Gasteiger partial charge on any atom is -0.390 e. The molecule has 0 aliphatic carbocycles. The Kier molecular flexibility index (Phi) is 4.60. The third-order valence-electron chi connectivity index (χ3n) is 2.34. The van der Waals surface area contributed by atoms with E-state index in [0.717, 1.165) is 12.8 Å². The van der Waals surface area contributed by atoms with Crippen LogP contribution in [0, 0.1) is 0 Å². The summed E-state index contributed by atoms with van der Waals surface area (Å²) in [5.74, 6) is 0. The third kappa shape index (κ3) is 3.88. The van der Waals surface area contributed by atoms with Gasteiger partial charge in [-0.05, 0) is 31.7 Å². The Morgan fingerprint density at radius 2 is 1.93 bits per heavy atom. The summed E-state index contributed by atoms with van der Waals surface area (Å²) in [6.07, 6.45) is 0.348. The van der Waals surface area contributed by atoms with Crippen molar-refractivity contribution < 1.29 is 9.50 Å². The first-order chi connectivity index (χ1) is 6.70. The van der Waals surface area contributed by atoms with Crippen LogP contribution in [0.25, 0.3) is 0 Å². The highest BCUT2D eigenvalue weighted by Gasteiger charge is 2.11. The van der Waals surface area contributed by atoms with Gasteiger partial charge in [0.05, 0.1) is 6.10 Å². The number of benzene rings is 1. The van der Waals surface area contributed by atoms with Crippen molar-refractivity contribution in [1.29, 1.82) is 0 Å². The first-order valence-electron chi connectivity index (χ1n) is 5.06. The molecule has 14 heavy (non-hydrogen) atoms. The van der Waals surface area contributed by atoms with E-state index in [1.54, 1.807) is 0 Å². The molecule has 78 valence electrons. The normalized spacial score (nSPS) is 15.1. The van der Waals surface area contributed by atoms with Crippen LogP contribution in [0.4, 0.5) is 4.39 Å². The number of aryl methyl sites for hydroxylation is 1. The number of hydrogen-bond donors (Lipinski definition) is 1. The maximum absolute atomic E-state index is 12.6. The summed E-state index contributed by atoms with van der Waals surface area (Å²) in [6, 6.07) is 10.0. The van der Waals surface area contributed by atoms with Gasteiger partial charge in [-0.3, -0.25) is 0 Å². The van der Waals surface area contributed by atoms with E-state index in [2.05, 4.69) is 0 Å². The molecule has 2 atom stereocenters. The molecule has 0 fully saturated rings. The second kappa shape index (κ2) is 5.76. The number of hydrogen-bond acceptors (Lipinski definition) is 1. The maximum Gasteiger partial charge on any atom is 0.123 e. The second-order valence-electron chi connectivity index (χ2n) is 3.62. The van der Waals surface area contributed by atoms with Crippen molar-refractivity contribution in [3.8, 4) is 0 Å². The fourth-order valence-corrected chi connectivity index (χ4v) is 1.39. The van der Waals surface area contributed by atoms with E-state index in [0.29, 0.717) is 6.42 Å². The highest BCUT2D eigenvalue weighted by Crippen LogP contribution is 2.09. The lowest BCUT2D eigenvalue weighted by atomic mass is 10.0. The average molecular weight is 196 g/mol. The molecule has 0 heterocycles. The topological polar surface area (TPSA) is 20.2 Å². The Morgan fingerprint density at radius 1 is 1.29 bits per heavy atom. The predicted molar refractivity (Wildman–Crippen MR) is 56.0 cm³/mol. The van der Waals surface area contributed by atoms with E-state index >= 15 is 0 Å². The van der Waals surface area contributed by atoms with Crippen LogP contribution in [0.5, 0.6) is 0 Å². The van der Waals surface area contributed by atoms with E-state index in [1.807, 2.05) is 30.3 Å². The van der Waals surface area contributed by atoms with Gasteiger partial charge < -0.3 is 5.11 Å². The second-order valence-corrected chi connectivity index (χ2v) is 3.62. The molecule has 1 aromatic carbocycles. The van der Waals surface area contributed by atoms with Crippen LogP contribution in [0.3, 0.4) is 0 Å². The molecule has 0 saturated heterocycles. The lowest BCUT2D eigenvalue weighted by Crippen LogP contribution is -2.18. The number of rotatable bonds is 5. The van der Waals surface area contributed by atoms with Crippen molar-refractivity contribution in [2.45, 2.75) is 38.5 Å². The highest BCUT2D eigenvalue weighted by atomic mass is 19.1. The molecule has 0 saturated carbocycles. The van der Waals surface area contributed by atoms with Crippen LogP contribution >= 0.6 is 0 Å². The highest BCUT2D eigenvalue weighted by molar-refractivity contribution is 5.14. The molecule has 0 aliphatic rings. The Bertz CT molecular complexity index is 246. The van der Waals surface area contributed by atoms with Gasteiger partial charge in [0, 0.05) is 0 Å². The molecule has 0 aliphatic heterocycles. The van der Waals surface area contributed by atoms with Crippen molar-refractivity contribution in [1.82, 2.24) is 0 Å². The van der Waals surface area contributed by atoms with Crippen molar-refractivity contribution in [3.05, 3.63) is 35.9 Å². The zero-order valence-corrected chi connectivity index (χ0v) is 8.49.